The Morgan fingerprint density at radius 2 is 2.26 bits per heavy atom. The molecular weight excluding hydrogens is 306 g/mol. The van der Waals surface area contributed by atoms with Crippen LogP contribution < -0.4 is 5.32 Å². The molecule has 0 amide bonds. The third-order valence-corrected chi connectivity index (χ3v) is 6.31. The Kier molecular flexibility index (Phi) is 4.37. The van der Waals surface area contributed by atoms with Crippen molar-refractivity contribution in [2.45, 2.75) is 31.8 Å². The van der Waals surface area contributed by atoms with Gasteiger partial charge in [0.15, 0.2) is 0 Å². The number of nitrogens with one attached hydrogen (secondary N) is 1. The number of morpholine rings is 1. The van der Waals surface area contributed by atoms with E-state index in [2.05, 4.69) is 42.4 Å². The van der Waals surface area contributed by atoms with Gasteiger partial charge in [0, 0.05) is 12.6 Å². The number of hydrogen-bond donors (Lipinski definition) is 1. The van der Waals surface area contributed by atoms with Crippen molar-refractivity contribution in [2.24, 2.45) is 5.92 Å². The van der Waals surface area contributed by atoms with E-state index in [1.54, 1.807) is 0 Å². The number of hydrogen-bond acceptors (Lipinski definition) is 5. The highest BCUT2D eigenvalue weighted by molar-refractivity contribution is 7.18. The number of piperidine rings is 1. The zero-order chi connectivity index (χ0) is 15.8. The molecule has 0 radical (unpaired) electrons. The van der Waals surface area contributed by atoms with Gasteiger partial charge in [0.25, 0.3) is 0 Å². The molecule has 3 atom stereocenters. The lowest BCUT2D eigenvalue weighted by molar-refractivity contribution is 0.00506. The molecule has 0 aliphatic carbocycles. The average molecular weight is 331 g/mol. The predicted octanol–water partition coefficient (Wildman–Crippen LogP) is 3.36. The molecule has 5 heteroatoms. The van der Waals surface area contributed by atoms with Crippen molar-refractivity contribution in [1.82, 2.24) is 15.2 Å². The summed E-state index contributed by atoms with van der Waals surface area (Å²) in [5.41, 5.74) is 2.52. The zero-order valence-electron chi connectivity index (χ0n) is 13.9. The zero-order valence-corrected chi connectivity index (χ0v) is 14.7. The highest BCUT2D eigenvalue weighted by Crippen LogP contribution is 2.33. The van der Waals surface area contributed by atoms with Gasteiger partial charge in [-0.25, -0.2) is 4.98 Å². The average Bonchev–Trinajstić information content (AvgIpc) is 2.99. The number of fused-ring (bicyclic) bond motifs is 1. The van der Waals surface area contributed by atoms with Crippen LogP contribution in [-0.2, 0) is 4.74 Å². The first kappa shape index (κ1) is 15.5. The van der Waals surface area contributed by atoms with Crippen molar-refractivity contribution < 1.29 is 4.74 Å². The van der Waals surface area contributed by atoms with Gasteiger partial charge in [-0.1, -0.05) is 13.0 Å². The fraction of sp³-hybridized carbons (Fsp3) is 0.611. The SMILES string of the molecule is C[C@H]1CC[C@H](c2ccc3sc(C4COCCN4C)nc3c2)NC1. The summed E-state index contributed by atoms with van der Waals surface area (Å²) in [6.45, 7) is 6.01. The second-order valence-corrected chi connectivity index (χ2v) is 8.06. The molecule has 2 aromatic rings. The van der Waals surface area contributed by atoms with E-state index in [4.69, 9.17) is 9.72 Å². The summed E-state index contributed by atoms with van der Waals surface area (Å²) in [6.07, 6.45) is 2.53. The number of ether oxygens (including phenoxy) is 1. The Morgan fingerprint density at radius 1 is 1.35 bits per heavy atom. The molecule has 2 aliphatic heterocycles. The summed E-state index contributed by atoms with van der Waals surface area (Å²) < 4.78 is 6.93. The Morgan fingerprint density at radius 3 is 3.04 bits per heavy atom. The Hall–Kier alpha value is -1.01. The lowest BCUT2D eigenvalue weighted by Gasteiger charge is -2.30. The van der Waals surface area contributed by atoms with Gasteiger partial charge < -0.3 is 10.1 Å². The molecule has 1 N–H and O–H groups in total. The van der Waals surface area contributed by atoms with Gasteiger partial charge >= 0.3 is 0 Å². The number of benzene rings is 1. The molecule has 124 valence electrons. The molecule has 2 fully saturated rings. The Bertz CT molecular complexity index is 678. The molecule has 4 rings (SSSR count). The van der Waals surface area contributed by atoms with Crippen LogP contribution in [0.2, 0.25) is 0 Å². The minimum Gasteiger partial charge on any atom is -0.378 e. The van der Waals surface area contributed by atoms with Crippen LogP contribution in [0.25, 0.3) is 10.2 Å². The molecule has 2 saturated heterocycles. The molecule has 1 aromatic carbocycles. The fourth-order valence-electron chi connectivity index (χ4n) is 3.55. The smallest absolute Gasteiger partial charge is 0.113 e. The van der Waals surface area contributed by atoms with Crippen LogP contribution in [-0.4, -0.2) is 43.2 Å². The van der Waals surface area contributed by atoms with E-state index in [0.717, 1.165) is 37.7 Å². The number of rotatable bonds is 2. The minimum absolute atomic E-state index is 0.304. The maximum Gasteiger partial charge on any atom is 0.113 e. The van der Waals surface area contributed by atoms with E-state index in [-0.39, 0.29) is 0 Å². The molecule has 4 nitrogen and oxygen atoms in total. The van der Waals surface area contributed by atoms with Gasteiger partial charge in [0.2, 0.25) is 0 Å². The second kappa shape index (κ2) is 6.48. The standard InChI is InChI=1S/C18H25N3OS/c1-12-3-5-14(19-10-12)13-4-6-17-15(9-13)20-18(23-17)16-11-22-8-7-21(16)2/h4,6,9,12,14,16,19H,3,5,7-8,10-11H2,1-2H3/t12-,14+,16?/m0/s1. The van der Waals surface area contributed by atoms with Crippen molar-refractivity contribution in [3.63, 3.8) is 0 Å². The molecule has 2 aliphatic rings. The number of aromatic nitrogens is 1. The third-order valence-electron chi connectivity index (χ3n) is 5.17. The normalized spacial score (nSPS) is 29.9. The van der Waals surface area contributed by atoms with Crippen LogP contribution in [0.3, 0.4) is 0 Å². The van der Waals surface area contributed by atoms with Crippen LogP contribution in [0.5, 0.6) is 0 Å². The lowest BCUT2D eigenvalue weighted by atomic mass is 9.92. The summed E-state index contributed by atoms with van der Waals surface area (Å²) in [7, 11) is 2.16. The summed E-state index contributed by atoms with van der Waals surface area (Å²) in [6, 6.07) is 7.60. The first-order chi connectivity index (χ1) is 11.2. The molecule has 3 heterocycles. The van der Waals surface area contributed by atoms with E-state index in [9.17, 15) is 0 Å². The Balaban J connectivity index is 1.59. The van der Waals surface area contributed by atoms with Crippen LogP contribution in [0.4, 0.5) is 0 Å². The Labute approximate surface area is 141 Å². The molecule has 1 aromatic heterocycles. The van der Waals surface area contributed by atoms with Gasteiger partial charge in [-0.3, -0.25) is 4.90 Å². The summed E-state index contributed by atoms with van der Waals surface area (Å²) in [5.74, 6) is 0.794. The van der Waals surface area contributed by atoms with Crippen LogP contribution in [0.1, 0.15) is 42.4 Å². The van der Waals surface area contributed by atoms with Crippen molar-refractivity contribution in [1.29, 1.82) is 0 Å². The topological polar surface area (TPSA) is 37.4 Å². The van der Waals surface area contributed by atoms with E-state index in [1.165, 1.54) is 28.1 Å². The second-order valence-electron chi connectivity index (χ2n) is 6.99. The van der Waals surface area contributed by atoms with Crippen LogP contribution in [0.15, 0.2) is 18.2 Å². The predicted molar refractivity (Wildman–Crippen MR) is 95.0 cm³/mol. The van der Waals surface area contributed by atoms with Crippen molar-refractivity contribution in [3.8, 4) is 0 Å². The van der Waals surface area contributed by atoms with Crippen molar-refractivity contribution in [2.75, 3.05) is 33.4 Å². The molecule has 0 spiro atoms. The van der Waals surface area contributed by atoms with Crippen LogP contribution >= 0.6 is 11.3 Å². The highest BCUT2D eigenvalue weighted by atomic mass is 32.1. The first-order valence-corrected chi connectivity index (χ1v) is 9.44. The fourth-order valence-corrected chi connectivity index (χ4v) is 4.65. The first-order valence-electron chi connectivity index (χ1n) is 8.62. The number of likely N-dealkylation sites (N-methyl/N-ethyl adjacent to an activating group) is 1. The third kappa shape index (κ3) is 3.15. The minimum atomic E-state index is 0.304. The summed E-state index contributed by atoms with van der Waals surface area (Å²) in [5, 5.41) is 4.86. The molecule has 23 heavy (non-hydrogen) atoms. The van der Waals surface area contributed by atoms with Crippen molar-refractivity contribution in [3.05, 3.63) is 28.8 Å². The van der Waals surface area contributed by atoms with Gasteiger partial charge in [0.1, 0.15) is 5.01 Å². The van der Waals surface area contributed by atoms with E-state index in [0.29, 0.717) is 12.1 Å². The maximum absolute atomic E-state index is 5.65. The van der Waals surface area contributed by atoms with Gasteiger partial charge in [-0.15, -0.1) is 11.3 Å². The summed E-state index contributed by atoms with van der Waals surface area (Å²) >= 11 is 1.81. The van der Waals surface area contributed by atoms with Gasteiger partial charge in [-0.05, 0) is 50.0 Å². The highest BCUT2D eigenvalue weighted by Gasteiger charge is 2.25. The molecular formula is C18H25N3OS. The van der Waals surface area contributed by atoms with Gasteiger partial charge in [0.05, 0.1) is 29.5 Å². The number of thiazole rings is 1. The van der Waals surface area contributed by atoms with E-state index in [1.807, 2.05) is 11.3 Å². The van der Waals surface area contributed by atoms with E-state index < -0.39 is 0 Å². The van der Waals surface area contributed by atoms with Crippen LogP contribution in [0, 0.1) is 5.92 Å². The molecule has 1 unspecified atom stereocenters. The molecule has 0 saturated carbocycles. The van der Waals surface area contributed by atoms with Gasteiger partial charge in [-0.2, -0.15) is 0 Å². The largest absolute Gasteiger partial charge is 0.378 e. The molecule has 0 bridgehead atoms. The van der Waals surface area contributed by atoms with Crippen molar-refractivity contribution >= 4 is 21.6 Å². The number of nitrogens with zero attached hydrogens (tertiary/aromatic N) is 2. The maximum atomic E-state index is 5.65. The summed E-state index contributed by atoms with van der Waals surface area (Å²) in [4.78, 5) is 7.28. The lowest BCUT2D eigenvalue weighted by Crippen LogP contribution is -2.36. The monoisotopic (exact) mass is 331 g/mol. The quantitative estimate of drug-likeness (QED) is 0.916. The van der Waals surface area contributed by atoms with E-state index >= 15 is 0 Å².